The molecule has 3 aromatic carbocycles. The maximum absolute atomic E-state index is 13.1. The first-order valence-corrected chi connectivity index (χ1v) is 12.6. The van der Waals surface area contributed by atoms with Crippen LogP contribution < -0.4 is 10.6 Å². The normalized spacial score (nSPS) is 11.8. The number of nitrogens with zero attached hydrogens (tertiary/aromatic N) is 1. The molecule has 0 radical (unpaired) electrons. The molecule has 0 fully saturated rings. The van der Waals surface area contributed by atoms with Crippen molar-refractivity contribution in [1.29, 1.82) is 0 Å². The van der Waals surface area contributed by atoms with Gasteiger partial charge in [0.25, 0.3) is 5.91 Å². The first-order chi connectivity index (χ1) is 16.9. The second-order valence-corrected chi connectivity index (χ2v) is 9.80. The third-order valence-electron chi connectivity index (χ3n) is 5.74. The molecule has 2 amide bonds. The minimum Gasteiger partial charge on any atom is -0.340 e. The van der Waals surface area contributed by atoms with E-state index in [9.17, 15) is 9.59 Å². The fourth-order valence-electron chi connectivity index (χ4n) is 3.89. The summed E-state index contributed by atoms with van der Waals surface area (Å²) in [7, 11) is 0. The number of hydrogen-bond donors (Lipinski definition) is 2. The Hall–Kier alpha value is -3.77. The van der Waals surface area contributed by atoms with Crippen molar-refractivity contribution in [3.63, 3.8) is 0 Å². The van der Waals surface area contributed by atoms with Crippen molar-refractivity contribution in [3.8, 4) is 22.4 Å². The van der Waals surface area contributed by atoms with Crippen molar-refractivity contribution in [3.05, 3.63) is 95.4 Å². The van der Waals surface area contributed by atoms with E-state index < -0.39 is 6.04 Å². The molecule has 0 saturated carbocycles. The van der Waals surface area contributed by atoms with E-state index in [-0.39, 0.29) is 17.7 Å². The zero-order chi connectivity index (χ0) is 24.8. The molecular formula is C29H29N3O2S. The molecule has 0 aliphatic rings. The first kappa shape index (κ1) is 24.4. The van der Waals surface area contributed by atoms with E-state index in [1.807, 2.05) is 74.7 Å². The van der Waals surface area contributed by atoms with Crippen LogP contribution in [-0.2, 0) is 4.79 Å². The van der Waals surface area contributed by atoms with Gasteiger partial charge >= 0.3 is 0 Å². The van der Waals surface area contributed by atoms with Crippen LogP contribution in [0.4, 0.5) is 5.13 Å². The van der Waals surface area contributed by atoms with Gasteiger partial charge < -0.3 is 10.6 Å². The van der Waals surface area contributed by atoms with Crippen LogP contribution in [0.1, 0.15) is 36.2 Å². The SMILES string of the molecule is Cc1ccccc1C(=O)N[C@H](CC(C)C)C(=O)Nc1nc(-c2ccc(-c3ccccc3)cc2)cs1. The predicted molar refractivity (Wildman–Crippen MR) is 144 cm³/mol. The molecule has 1 aromatic heterocycles. The lowest BCUT2D eigenvalue weighted by Gasteiger charge is -2.20. The van der Waals surface area contributed by atoms with Gasteiger partial charge in [-0.2, -0.15) is 0 Å². The highest BCUT2D eigenvalue weighted by Crippen LogP contribution is 2.28. The van der Waals surface area contributed by atoms with Crippen molar-refractivity contribution >= 4 is 28.3 Å². The number of nitrogens with one attached hydrogen (secondary N) is 2. The van der Waals surface area contributed by atoms with Gasteiger partial charge in [-0.1, -0.05) is 86.6 Å². The topological polar surface area (TPSA) is 71.1 Å². The van der Waals surface area contributed by atoms with Crippen LogP contribution in [0.3, 0.4) is 0 Å². The van der Waals surface area contributed by atoms with Crippen LogP contribution in [0.5, 0.6) is 0 Å². The molecule has 0 unspecified atom stereocenters. The molecule has 178 valence electrons. The van der Waals surface area contributed by atoms with Crippen LogP contribution in [0, 0.1) is 12.8 Å². The van der Waals surface area contributed by atoms with E-state index in [0.29, 0.717) is 17.1 Å². The minimum absolute atomic E-state index is 0.234. The number of aromatic nitrogens is 1. The standard InChI is InChI=1S/C29H29N3O2S/c1-19(2)17-25(30-27(33)24-12-8-7-9-20(24)3)28(34)32-29-31-26(18-35-29)23-15-13-22(14-16-23)21-10-5-4-6-11-21/h4-16,18-19,25H,17H2,1-3H3,(H,30,33)(H,31,32,34)/t25-/m1/s1. The molecule has 0 aliphatic carbocycles. The number of rotatable bonds is 8. The summed E-state index contributed by atoms with van der Waals surface area (Å²) in [5, 5.41) is 8.25. The number of benzene rings is 3. The molecule has 0 saturated heterocycles. The summed E-state index contributed by atoms with van der Waals surface area (Å²) >= 11 is 1.37. The van der Waals surface area contributed by atoms with Crippen molar-refractivity contribution in [2.75, 3.05) is 5.32 Å². The summed E-state index contributed by atoms with van der Waals surface area (Å²) < 4.78 is 0. The molecule has 4 rings (SSSR count). The Morgan fingerprint density at radius 2 is 1.49 bits per heavy atom. The summed E-state index contributed by atoms with van der Waals surface area (Å²) in [5.41, 5.74) is 5.52. The summed E-state index contributed by atoms with van der Waals surface area (Å²) in [5.74, 6) is -0.277. The average molecular weight is 484 g/mol. The summed E-state index contributed by atoms with van der Waals surface area (Å²) in [6.07, 6.45) is 0.530. The van der Waals surface area contributed by atoms with E-state index in [0.717, 1.165) is 27.9 Å². The van der Waals surface area contributed by atoms with Crippen LogP contribution in [-0.4, -0.2) is 22.8 Å². The second kappa shape index (κ2) is 11.1. The smallest absolute Gasteiger partial charge is 0.252 e. The van der Waals surface area contributed by atoms with E-state index in [1.165, 1.54) is 11.3 Å². The fraction of sp³-hybridized carbons (Fsp3) is 0.207. The van der Waals surface area contributed by atoms with Gasteiger partial charge in [-0.05, 0) is 42.0 Å². The zero-order valence-electron chi connectivity index (χ0n) is 20.1. The monoisotopic (exact) mass is 483 g/mol. The number of aryl methyl sites for hydroxylation is 1. The Morgan fingerprint density at radius 3 is 2.17 bits per heavy atom. The Bertz CT molecular complexity index is 1300. The molecule has 1 heterocycles. The van der Waals surface area contributed by atoms with Gasteiger partial charge in [0.15, 0.2) is 5.13 Å². The quantitative estimate of drug-likeness (QED) is 0.298. The van der Waals surface area contributed by atoms with Crippen LogP contribution in [0.15, 0.2) is 84.2 Å². The first-order valence-electron chi connectivity index (χ1n) is 11.7. The van der Waals surface area contributed by atoms with E-state index in [4.69, 9.17) is 0 Å². The maximum Gasteiger partial charge on any atom is 0.252 e. The number of carbonyl (C=O) groups is 2. The molecule has 35 heavy (non-hydrogen) atoms. The Labute approximate surface area is 210 Å². The number of anilines is 1. The van der Waals surface area contributed by atoms with Gasteiger partial charge in [0.05, 0.1) is 5.69 Å². The molecule has 5 nitrogen and oxygen atoms in total. The van der Waals surface area contributed by atoms with E-state index in [2.05, 4.69) is 39.9 Å². The van der Waals surface area contributed by atoms with Crippen molar-refractivity contribution in [2.24, 2.45) is 5.92 Å². The number of amides is 2. The molecule has 1 atom stereocenters. The second-order valence-electron chi connectivity index (χ2n) is 8.94. The molecule has 4 aromatic rings. The van der Waals surface area contributed by atoms with Gasteiger partial charge in [-0.25, -0.2) is 4.98 Å². The summed E-state index contributed by atoms with van der Waals surface area (Å²) in [6.45, 7) is 5.94. The van der Waals surface area contributed by atoms with E-state index >= 15 is 0 Å². The lowest BCUT2D eigenvalue weighted by molar-refractivity contribution is -0.118. The number of hydrogen-bond acceptors (Lipinski definition) is 4. The van der Waals surface area contributed by atoms with Gasteiger partial charge in [0.2, 0.25) is 5.91 Å². The van der Waals surface area contributed by atoms with Crippen molar-refractivity contribution < 1.29 is 9.59 Å². The highest BCUT2D eigenvalue weighted by Gasteiger charge is 2.24. The highest BCUT2D eigenvalue weighted by atomic mass is 32.1. The van der Waals surface area contributed by atoms with Crippen molar-refractivity contribution in [2.45, 2.75) is 33.2 Å². The average Bonchev–Trinajstić information content (AvgIpc) is 3.32. The fourth-order valence-corrected chi connectivity index (χ4v) is 4.61. The Balaban J connectivity index is 1.45. The van der Waals surface area contributed by atoms with E-state index in [1.54, 1.807) is 6.07 Å². The Morgan fingerprint density at radius 1 is 0.857 bits per heavy atom. The van der Waals surface area contributed by atoms with Crippen LogP contribution in [0.2, 0.25) is 0 Å². The third-order valence-corrected chi connectivity index (χ3v) is 6.50. The summed E-state index contributed by atoms with van der Waals surface area (Å²) in [4.78, 5) is 30.5. The van der Waals surface area contributed by atoms with Gasteiger partial charge in [-0.15, -0.1) is 11.3 Å². The number of thiazole rings is 1. The van der Waals surface area contributed by atoms with Gasteiger partial charge in [-0.3, -0.25) is 9.59 Å². The highest BCUT2D eigenvalue weighted by molar-refractivity contribution is 7.14. The predicted octanol–water partition coefficient (Wildman–Crippen LogP) is 6.57. The zero-order valence-corrected chi connectivity index (χ0v) is 20.9. The van der Waals surface area contributed by atoms with Gasteiger partial charge in [0.1, 0.15) is 6.04 Å². The van der Waals surface area contributed by atoms with Crippen LogP contribution in [0.25, 0.3) is 22.4 Å². The third kappa shape index (κ3) is 6.22. The maximum atomic E-state index is 13.1. The molecule has 0 spiro atoms. The lowest BCUT2D eigenvalue weighted by Crippen LogP contribution is -2.44. The Kier molecular flexibility index (Phi) is 7.73. The van der Waals surface area contributed by atoms with Crippen molar-refractivity contribution in [1.82, 2.24) is 10.3 Å². The lowest BCUT2D eigenvalue weighted by atomic mass is 10.0. The molecule has 0 aliphatic heterocycles. The minimum atomic E-state index is -0.653. The molecule has 6 heteroatoms. The summed E-state index contributed by atoms with van der Waals surface area (Å²) in [6, 6.07) is 25.1. The van der Waals surface area contributed by atoms with Crippen LogP contribution >= 0.6 is 11.3 Å². The van der Waals surface area contributed by atoms with Gasteiger partial charge in [0, 0.05) is 16.5 Å². The number of carbonyl (C=O) groups excluding carboxylic acids is 2. The molecule has 2 N–H and O–H groups in total. The largest absolute Gasteiger partial charge is 0.340 e. The molecular weight excluding hydrogens is 454 g/mol. The molecule has 0 bridgehead atoms.